The molecule has 1 aliphatic heterocycles. The molecule has 1 aromatic carbocycles. The lowest BCUT2D eigenvalue weighted by molar-refractivity contribution is 0.0596. The number of methoxy groups -OCH3 is 1. The third-order valence-electron chi connectivity index (χ3n) is 3.74. The maximum absolute atomic E-state index is 12.7. The number of aliphatic hydroxyl groups excluding tert-OH is 1. The molecule has 0 bridgehead atoms. The summed E-state index contributed by atoms with van der Waals surface area (Å²) in [6.45, 7) is 0.716. The summed E-state index contributed by atoms with van der Waals surface area (Å²) in [7, 11) is 1.56. The molecule has 1 fully saturated rings. The molecule has 1 unspecified atom stereocenters. The Kier molecular flexibility index (Phi) is 5.43. The van der Waals surface area contributed by atoms with Crippen molar-refractivity contribution in [2.75, 3.05) is 20.3 Å². The zero-order chi connectivity index (χ0) is 14.5. The number of amides is 1. The van der Waals surface area contributed by atoms with Gasteiger partial charge in [-0.05, 0) is 31.0 Å². The van der Waals surface area contributed by atoms with Crippen LogP contribution in [-0.2, 0) is 0 Å². The van der Waals surface area contributed by atoms with Gasteiger partial charge in [0.25, 0.3) is 5.91 Å². The van der Waals surface area contributed by atoms with E-state index in [0.717, 1.165) is 30.2 Å². The van der Waals surface area contributed by atoms with Crippen LogP contribution in [0.25, 0.3) is 0 Å². The van der Waals surface area contributed by atoms with Crippen molar-refractivity contribution in [2.24, 2.45) is 0 Å². The van der Waals surface area contributed by atoms with Crippen LogP contribution in [0.2, 0.25) is 0 Å². The van der Waals surface area contributed by atoms with Gasteiger partial charge in [-0.25, -0.2) is 0 Å². The number of hydrogen-bond donors (Lipinski definition) is 1. The number of halogens is 1. The van der Waals surface area contributed by atoms with Crippen molar-refractivity contribution in [3.63, 3.8) is 0 Å². The van der Waals surface area contributed by atoms with Crippen LogP contribution in [0.1, 0.15) is 36.0 Å². The van der Waals surface area contributed by atoms with Gasteiger partial charge in [-0.3, -0.25) is 4.79 Å². The highest BCUT2D eigenvalue weighted by Gasteiger charge is 2.27. The van der Waals surface area contributed by atoms with E-state index < -0.39 is 0 Å². The molecular weight excluding hydrogens is 322 g/mol. The molecular formula is C15H20BrNO3. The Balaban J connectivity index is 2.28. The largest absolute Gasteiger partial charge is 0.496 e. The van der Waals surface area contributed by atoms with Gasteiger partial charge in [0.1, 0.15) is 5.75 Å². The van der Waals surface area contributed by atoms with Crippen LogP contribution >= 0.6 is 15.9 Å². The Bertz CT molecular complexity index is 478. The van der Waals surface area contributed by atoms with Crippen molar-refractivity contribution < 1.29 is 14.6 Å². The molecule has 0 aromatic heterocycles. The minimum atomic E-state index is -0.0849. The maximum Gasteiger partial charge on any atom is 0.257 e. The molecule has 0 saturated carbocycles. The number of rotatable bonds is 3. The molecule has 0 radical (unpaired) electrons. The summed E-state index contributed by atoms with van der Waals surface area (Å²) in [4.78, 5) is 14.5. The summed E-state index contributed by atoms with van der Waals surface area (Å²) < 4.78 is 6.17. The van der Waals surface area contributed by atoms with Crippen LogP contribution in [0.4, 0.5) is 0 Å². The molecule has 1 aliphatic rings. The number of carbonyl (C=O) groups excluding carboxylic acids is 1. The van der Waals surface area contributed by atoms with Gasteiger partial charge >= 0.3 is 0 Å². The van der Waals surface area contributed by atoms with E-state index in [0.29, 0.717) is 17.9 Å². The van der Waals surface area contributed by atoms with Gasteiger partial charge < -0.3 is 14.7 Å². The predicted molar refractivity (Wildman–Crippen MR) is 81.1 cm³/mol. The molecule has 1 saturated heterocycles. The van der Waals surface area contributed by atoms with E-state index in [9.17, 15) is 9.90 Å². The molecule has 4 nitrogen and oxygen atoms in total. The first-order chi connectivity index (χ1) is 9.67. The first kappa shape index (κ1) is 15.3. The Morgan fingerprint density at radius 1 is 1.45 bits per heavy atom. The number of carbonyl (C=O) groups is 1. The average Bonchev–Trinajstić information content (AvgIpc) is 2.71. The lowest BCUT2D eigenvalue weighted by Crippen LogP contribution is -2.42. The second-order valence-electron chi connectivity index (χ2n) is 5.03. The zero-order valence-electron chi connectivity index (χ0n) is 11.6. The number of ether oxygens (including phenoxy) is 1. The molecule has 20 heavy (non-hydrogen) atoms. The van der Waals surface area contributed by atoms with Crippen LogP contribution in [0.5, 0.6) is 5.75 Å². The Hall–Kier alpha value is -1.07. The first-order valence-electron chi connectivity index (χ1n) is 6.92. The van der Waals surface area contributed by atoms with E-state index in [4.69, 9.17) is 4.74 Å². The van der Waals surface area contributed by atoms with Gasteiger partial charge in [0.05, 0.1) is 25.3 Å². The normalized spacial score (nSPS) is 19.6. The van der Waals surface area contributed by atoms with Crippen molar-refractivity contribution in [2.45, 2.75) is 31.7 Å². The van der Waals surface area contributed by atoms with E-state index >= 15 is 0 Å². The third-order valence-corrected chi connectivity index (χ3v) is 4.24. The summed E-state index contributed by atoms with van der Waals surface area (Å²) in [6.07, 6.45) is 4.02. The van der Waals surface area contributed by atoms with Crippen LogP contribution in [-0.4, -0.2) is 42.2 Å². The Morgan fingerprint density at radius 2 is 2.25 bits per heavy atom. The molecule has 0 aliphatic carbocycles. The van der Waals surface area contributed by atoms with E-state index in [1.54, 1.807) is 24.1 Å². The molecule has 1 aromatic rings. The molecule has 2 rings (SSSR count). The lowest BCUT2D eigenvalue weighted by Gasteiger charge is -2.29. The highest BCUT2D eigenvalue weighted by atomic mass is 79.9. The number of aliphatic hydroxyl groups is 1. The van der Waals surface area contributed by atoms with Gasteiger partial charge in [0, 0.05) is 11.0 Å². The molecule has 1 amide bonds. The van der Waals surface area contributed by atoms with E-state index in [1.165, 1.54) is 0 Å². The summed E-state index contributed by atoms with van der Waals surface area (Å²) in [6, 6.07) is 5.31. The summed E-state index contributed by atoms with van der Waals surface area (Å²) in [5.41, 5.74) is 0.552. The van der Waals surface area contributed by atoms with Gasteiger partial charge in [0.15, 0.2) is 0 Å². The van der Waals surface area contributed by atoms with Crippen molar-refractivity contribution in [3.05, 3.63) is 28.2 Å². The second kappa shape index (κ2) is 7.09. The van der Waals surface area contributed by atoms with E-state index in [-0.39, 0.29) is 18.6 Å². The lowest BCUT2D eigenvalue weighted by atomic mass is 10.1. The molecule has 1 heterocycles. The van der Waals surface area contributed by atoms with Crippen molar-refractivity contribution >= 4 is 21.8 Å². The fraction of sp³-hybridized carbons (Fsp3) is 0.533. The quantitative estimate of drug-likeness (QED) is 0.919. The number of nitrogens with zero attached hydrogens (tertiary/aromatic N) is 1. The highest BCUT2D eigenvalue weighted by molar-refractivity contribution is 9.10. The van der Waals surface area contributed by atoms with Gasteiger partial charge in [-0.1, -0.05) is 28.8 Å². The maximum atomic E-state index is 12.7. The number of likely N-dealkylation sites (tertiary alicyclic amines) is 1. The molecule has 1 N–H and O–H groups in total. The van der Waals surface area contributed by atoms with Crippen LogP contribution in [0.3, 0.4) is 0 Å². The van der Waals surface area contributed by atoms with Crippen LogP contribution < -0.4 is 4.74 Å². The van der Waals surface area contributed by atoms with Crippen LogP contribution in [0.15, 0.2) is 22.7 Å². The summed E-state index contributed by atoms with van der Waals surface area (Å²) in [5.74, 6) is 0.501. The standard InChI is InChI=1S/C15H20BrNO3/c1-20-14-9-11(16)6-7-13(14)15(19)17-8-4-2-3-5-12(17)10-18/h6-7,9,12,18H,2-5,8,10H2,1H3. The van der Waals surface area contributed by atoms with E-state index in [1.807, 2.05) is 6.07 Å². The number of benzene rings is 1. The molecule has 1 atom stereocenters. The van der Waals surface area contributed by atoms with E-state index in [2.05, 4.69) is 15.9 Å². The average molecular weight is 342 g/mol. The highest BCUT2D eigenvalue weighted by Crippen LogP contribution is 2.27. The van der Waals surface area contributed by atoms with Gasteiger partial charge in [-0.2, -0.15) is 0 Å². The first-order valence-corrected chi connectivity index (χ1v) is 7.72. The van der Waals surface area contributed by atoms with Crippen molar-refractivity contribution in [1.82, 2.24) is 4.90 Å². The summed E-state index contributed by atoms with van der Waals surface area (Å²) >= 11 is 3.38. The minimum Gasteiger partial charge on any atom is -0.496 e. The molecule has 0 spiro atoms. The fourth-order valence-corrected chi connectivity index (χ4v) is 2.97. The monoisotopic (exact) mass is 341 g/mol. The smallest absolute Gasteiger partial charge is 0.257 e. The number of hydrogen-bond acceptors (Lipinski definition) is 3. The Morgan fingerprint density at radius 3 is 2.95 bits per heavy atom. The molecule has 110 valence electrons. The third kappa shape index (κ3) is 3.33. The van der Waals surface area contributed by atoms with Crippen molar-refractivity contribution in [1.29, 1.82) is 0 Å². The predicted octanol–water partition coefficient (Wildman–Crippen LogP) is 2.83. The Labute approximate surface area is 127 Å². The second-order valence-corrected chi connectivity index (χ2v) is 5.94. The van der Waals surface area contributed by atoms with Crippen molar-refractivity contribution in [3.8, 4) is 5.75 Å². The fourth-order valence-electron chi connectivity index (χ4n) is 2.63. The molecule has 5 heteroatoms. The van der Waals surface area contributed by atoms with Crippen LogP contribution in [0, 0.1) is 0 Å². The van der Waals surface area contributed by atoms with Gasteiger partial charge in [-0.15, -0.1) is 0 Å². The van der Waals surface area contributed by atoms with Gasteiger partial charge in [0.2, 0.25) is 0 Å². The SMILES string of the molecule is COc1cc(Br)ccc1C(=O)N1CCCCCC1CO. The zero-order valence-corrected chi connectivity index (χ0v) is 13.2. The summed E-state index contributed by atoms with van der Waals surface area (Å²) in [5, 5.41) is 9.52. The topological polar surface area (TPSA) is 49.8 Å². The minimum absolute atomic E-state index is 0.0184.